The van der Waals surface area contributed by atoms with Crippen LogP contribution in [0.2, 0.25) is 0 Å². The normalized spacial score (nSPS) is 11.0. The number of hydrogen-bond acceptors (Lipinski definition) is 5. The van der Waals surface area contributed by atoms with Gasteiger partial charge in [0.1, 0.15) is 17.5 Å². The minimum atomic E-state index is -0.745. The van der Waals surface area contributed by atoms with Crippen LogP contribution >= 0.6 is 0 Å². The molecule has 0 aliphatic heterocycles. The summed E-state index contributed by atoms with van der Waals surface area (Å²) in [4.78, 5) is 23.5. The molecule has 0 unspecified atom stereocenters. The van der Waals surface area contributed by atoms with E-state index in [0.717, 1.165) is 0 Å². The fourth-order valence-corrected chi connectivity index (χ4v) is 1.95. The smallest absolute Gasteiger partial charge is 0.328 e. The molecule has 2 aromatic carbocycles. The summed E-state index contributed by atoms with van der Waals surface area (Å²) in [5, 5.41) is 11.3. The first-order chi connectivity index (χ1) is 11.5. The van der Waals surface area contributed by atoms with Crippen molar-refractivity contribution in [3.8, 4) is 17.6 Å². The number of ether oxygens (including phenoxy) is 2. The Morgan fingerprint density at radius 2 is 1.83 bits per heavy atom. The number of esters is 1. The fourth-order valence-electron chi connectivity index (χ4n) is 1.95. The lowest BCUT2D eigenvalue weighted by atomic mass is 10.2. The van der Waals surface area contributed by atoms with Crippen molar-refractivity contribution >= 4 is 11.9 Å². The van der Waals surface area contributed by atoms with Crippen molar-refractivity contribution < 1.29 is 19.1 Å². The van der Waals surface area contributed by atoms with Crippen LogP contribution in [0.5, 0.6) is 11.5 Å². The Bertz CT molecular complexity index is 778. The number of nitrogens with one attached hydrogen (secondary N) is 1. The Balaban J connectivity index is 2.09. The number of nitrogens with zero attached hydrogens (tertiary/aromatic N) is 1. The summed E-state index contributed by atoms with van der Waals surface area (Å²) < 4.78 is 10.2. The highest BCUT2D eigenvalue weighted by atomic mass is 16.5. The average Bonchev–Trinajstić information content (AvgIpc) is 2.61. The second-order valence-corrected chi connectivity index (χ2v) is 4.98. The number of amides is 1. The number of hydrogen-bond donors (Lipinski definition) is 1. The van der Waals surface area contributed by atoms with Crippen molar-refractivity contribution in [1.29, 1.82) is 5.26 Å². The number of benzene rings is 2. The lowest BCUT2D eigenvalue weighted by Gasteiger charge is -2.12. The molecule has 122 valence electrons. The van der Waals surface area contributed by atoms with E-state index in [2.05, 4.69) is 10.1 Å². The molecule has 6 nitrogen and oxygen atoms in total. The summed E-state index contributed by atoms with van der Waals surface area (Å²) in [7, 11) is 1.26. The molecular formula is C18H16N2O4. The summed E-state index contributed by atoms with van der Waals surface area (Å²) in [6.45, 7) is 1.54. The minimum absolute atomic E-state index is 0.358. The van der Waals surface area contributed by atoms with Crippen molar-refractivity contribution in [1.82, 2.24) is 5.32 Å². The molecule has 0 fully saturated rings. The molecule has 0 saturated carbocycles. The SMILES string of the molecule is COC(=O)[C@@H](C)NC(=O)c1cccc(Oc2ccc(C#N)cc2)c1. The third kappa shape index (κ3) is 4.34. The van der Waals surface area contributed by atoms with Crippen molar-refractivity contribution in [2.24, 2.45) is 0 Å². The van der Waals surface area contributed by atoms with Gasteiger partial charge in [0.15, 0.2) is 0 Å². The third-order valence-corrected chi connectivity index (χ3v) is 3.22. The highest BCUT2D eigenvalue weighted by Gasteiger charge is 2.17. The first-order valence-corrected chi connectivity index (χ1v) is 7.20. The predicted molar refractivity (Wildman–Crippen MR) is 86.6 cm³/mol. The van der Waals surface area contributed by atoms with E-state index in [1.165, 1.54) is 7.11 Å². The van der Waals surface area contributed by atoms with Gasteiger partial charge >= 0.3 is 5.97 Å². The first kappa shape index (κ1) is 17.0. The highest BCUT2D eigenvalue weighted by molar-refractivity contribution is 5.97. The predicted octanol–water partition coefficient (Wildman–Crippen LogP) is 2.64. The lowest BCUT2D eigenvalue weighted by Crippen LogP contribution is -2.39. The molecule has 0 radical (unpaired) electrons. The Kier molecular flexibility index (Phi) is 5.53. The lowest BCUT2D eigenvalue weighted by molar-refractivity contribution is -0.142. The molecule has 1 N–H and O–H groups in total. The quantitative estimate of drug-likeness (QED) is 0.854. The third-order valence-electron chi connectivity index (χ3n) is 3.22. The van der Waals surface area contributed by atoms with E-state index >= 15 is 0 Å². The number of nitriles is 1. The minimum Gasteiger partial charge on any atom is -0.467 e. The van der Waals surface area contributed by atoms with Crippen LogP contribution in [0.1, 0.15) is 22.8 Å². The van der Waals surface area contributed by atoms with E-state index < -0.39 is 17.9 Å². The molecule has 0 spiro atoms. The summed E-state index contributed by atoms with van der Waals surface area (Å²) in [5.74, 6) is 0.0964. The van der Waals surface area contributed by atoms with Crippen molar-refractivity contribution in [2.45, 2.75) is 13.0 Å². The van der Waals surface area contributed by atoms with Crippen molar-refractivity contribution in [3.63, 3.8) is 0 Å². The molecule has 0 aliphatic carbocycles. The monoisotopic (exact) mass is 324 g/mol. The van der Waals surface area contributed by atoms with Crippen LogP contribution < -0.4 is 10.1 Å². The van der Waals surface area contributed by atoms with E-state index in [1.54, 1.807) is 55.5 Å². The van der Waals surface area contributed by atoms with E-state index in [-0.39, 0.29) is 0 Å². The summed E-state index contributed by atoms with van der Waals surface area (Å²) >= 11 is 0. The maximum absolute atomic E-state index is 12.2. The van der Waals surface area contributed by atoms with Crippen molar-refractivity contribution in [3.05, 3.63) is 59.7 Å². The molecule has 6 heteroatoms. The van der Waals surface area contributed by atoms with Gasteiger partial charge in [-0.3, -0.25) is 4.79 Å². The molecule has 0 aromatic heterocycles. The Morgan fingerprint density at radius 1 is 1.12 bits per heavy atom. The van der Waals surface area contributed by atoms with Gasteiger partial charge < -0.3 is 14.8 Å². The Hall–Kier alpha value is -3.33. The van der Waals surface area contributed by atoms with E-state index in [1.807, 2.05) is 6.07 Å². The second-order valence-electron chi connectivity index (χ2n) is 4.98. The average molecular weight is 324 g/mol. The van der Waals surface area contributed by atoms with Gasteiger partial charge in [-0.1, -0.05) is 6.07 Å². The molecule has 0 bridgehead atoms. The molecule has 0 heterocycles. The molecule has 1 atom stereocenters. The van der Waals surface area contributed by atoms with Gasteiger partial charge in [-0.15, -0.1) is 0 Å². The number of carbonyl (C=O) groups is 2. The molecule has 24 heavy (non-hydrogen) atoms. The maximum Gasteiger partial charge on any atom is 0.328 e. The fraction of sp³-hybridized carbons (Fsp3) is 0.167. The number of carbonyl (C=O) groups excluding carboxylic acids is 2. The van der Waals surface area contributed by atoms with Crippen LogP contribution in [0.25, 0.3) is 0 Å². The summed E-state index contributed by atoms with van der Waals surface area (Å²) in [5.41, 5.74) is 0.893. The van der Waals surface area contributed by atoms with E-state index in [0.29, 0.717) is 22.6 Å². The molecule has 2 rings (SSSR count). The topological polar surface area (TPSA) is 88.4 Å². The Morgan fingerprint density at radius 3 is 2.46 bits per heavy atom. The number of methoxy groups -OCH3 is 1. The molecule has 2 aromatic rings. The van der Waals surface area contributed by atoms with Crippen molar-refractivity contribution in [2.75, 3.05) is 7.11 Å². The van der Waals surface area contributed by atoms with Gasteiger partial charge in [0.2, 0.25) is 0 Å². The van der Waals surface area contributed by atoms with Crippen LogP contribution in [0.3, 0.4) is 0 Å². The number of rotatable bonds is 5. The standard InChI is InChI=1S/C18H16N2O4/c1-12(18(22)23-2)20-17(21)14-4-3-5-16(10-14)24-15-8-6-13(11-19)7-9-15/h3-10,12H,1-2H3,(H,20,21)/t12-/m1/s1. The van der Waals surface area contributed by atoms with Gasteiger partial charge in [0.25, 0.3) is 5.91 Å². The van der Waals surface area contributed by atoms with Gasteiger partial charge in [0, 0.05) is 5.56 Å². The first-order valence-electron chi connectivity index (χ1n) is 7.20. The van der Waals surface area contributed by atoms with Crippen LogP contribution in [0, 0.1) is 11.3 Å². The highest BCUT2D eigenvalue weighted by Crippen LogP contribution is 2.22. The maximum atomic E-state index is 12.2. The zero-order chi connectivity index (χ0) is 17.5. The summed E-state index contributed by atoms with van der Waals surface area (Å²) in [6.07, 6.45) is 0. The zero-order valence-electron chi connectivity index (χ0n) is 13.3. The molecule has 1 amide bonds. The van der Waals surface area contributed by atoms with Crippen LogP contribution in [-0.4, -0.2) is 25.0 Å². The molecular weight excluding hydrogens is 308 g/mol. The van der Waals surface area contributed by atoms with Crippen LogP contribution in [0.4, 0.5) is 0 Å². The van der Waals surface area contributed by atoms with Gasteiger partial charge in [-0.25, -0.2) is 4.79 Å². The van der Waals surface area contributed by atoms with Gasteiger partial charge in [0.05, 0.1) is 18.7 Å². The molecule has 0 saturated heterocycles. The van der Waals surface area contributed by atoms with Gasteiger partial charge in [-0.05, 0) is 49.4 Å². The largest absolute Gasteiger partial charge is 0.467 e. The summed E-state index contributed by atoms with van der Waals surface area (Å²) in [6, 6.07) is 14.5. The van der Waals surface area contributed by atoms with E-state index in [9.17, 15) is 9.59 Å². The van der Waals surface area contributed by atoms with Gasteiger partial charge in [-0.2, -0.15) is 5.26 Å². The zero-order valence-corrected chi connectivity index (χ0v) is 13.3. The Labute approximate surface area is 139 Å². The van der Waals surface area contributed by atoms with Crippen LogP contribution in [-0.2, 0) is 9.53 Å². The van der Waals surface area contributed by atoms with E-state index in [4.69, 9.17) is 10.00 Å². The second kappa shape index (κ2) is 7.79. The molecule has 0 aliphatic rings. The van der Waals surface area contributed by atoms with Crippen LogP contribution in [0.15, 0.2) is 48.5 Å².